The first-order valence-electron chi connectivity index (χ1n) is 9.82. The Morgan fingerprint density at radius 3 is 2.68 bits per heavy atom. The van der Waals surface area contributed by atoms with E-state index in [1.165, 1.54) is 18.9 Å². The number of amidine groups is 1. The van der Waals surface area contributed by atoms with Crippen molar-refractivity contribution < 1.29 is 14.3 Å². The van der Waals surface area contributed by atoms with Gasteiger partial charge in [-0.05, 0) is 40.3 Å². The van der Waals surface area contributed by atoms with Gasteiger partial charge in [0.25, 0.3) is 0 Å². The van der Waals surface area contributed by atoms with E-state index in [9.17, 15) is 9.59 Å². The van der Waals surface area contributed by atoms with Gasteiger partial charge in [-0.1, -0.05) is 42.1 Å². The Labute approximate surface area is 189 Å². The van der Waals surface area contributed by atoms with Crippen LogP contribution in [0, 0.1) is 0 Å². The highest BCUT2D eigenvalue weighted by Crippen LogP contribution is 2.45. The Balaban J connectivity index is 1.59. The Hall–Kier alpha value is -2.84. The molecule has 1 atom stereocenters. The van der Waals surface area contributed by atoms with Crippen molar-refractivity contribution in [2.24, 2.45) is 4.99 Å². The predicted molar refractivity (Wildman–Crippen MR) is 124 cm³/mol. The van der Waals surface area contributed by atoms with Crippen LogP contribution in [0.3, 0.4) is 0 Å². The van der Waals surface area contributed by atoms with Gasteiger partial charge in [-0.3, -0.25) is 4.79 Å². The smallest absolute Gasteiger partial charge is 0.338 e. The SMILES string of the molecule is COC(=O)C1=C(C)N=C2SC=C(CC(=O)N(C)Cc3ccccc3)N2[C@H]1c1ccsc1. The van der Waals surface area contributed by atoms with Crippen molar-refractivity contribution in [3.63, 3.8) is 0 Å². The summed E-state index contributed by atoms with van der Waals surface area (Å²) >= 11 is 3.05. The Bertz CT molecular complexity index is 1070. The van der Waals surface area contributed by atoms with Gasteiger partial charge in [-0.15, -0.1) is 0 Å². The third-order valence-electron chi connectivity index (χ3n) is 5.29. The van der Waals surface area contributed by atoms with E-state index in [2.05, 4.69) is 4.99 Å². The van der Waals surface area contributed by atoms with Crippen LogP contribution in [0.15, 0.2) is 74.5 Å². The number of thioether (sulfide) groups is 1. The van der Waals surface area contributed by atoms with Gasteiger partial charge in [0, 0.05) is 19.3 Å². The van der Waals surface area contributed by atoms with Gasteiger partial charge in [-0.2, -0.15) is 11.3 Å². The maximum absolute atomic E-state index is 13.0. The molecule has 1 aromatic carbocycles. The lowest BCUT2D eigenvalue weighted by Crippen LogP contribution is -2.38. The van der Waals surface area contributed by atoms with E-state index in [0.717, 1.165) is 22.0 Å². The van der Waals surface area contributed by atoms with Crippen molar-refractivity contribution in [3.8, 4) is 0 Å². The fraction of sp³-hybridized carbons (Fsp3) is 0.261. The first kappa shape index (κ1) is 21.4. The number of carbonyl (C=O) groups excluding carboxylic acids is 2. The van der Waals surface area contributed by atoms with Crippen molar-refractivity contribution in [1.29, 1.82) is 0 Å². The van der Waals surface area contributed by atoms with E-state index in [1.807, 2.05) is 71.4 Å². The van der Waals surface area contributed by atoms with Crippen LogP contribution in [0.1, 0.15) is 30.5 Å². The molecule has 0 radical (unpaired) electrons. The topological polar surface area (TPSA) is 62.2 Å². The van der Waals surface area contributed by atoms with E-state index < -0.39 is 5.97 Å². The maximum atomic E-state index is 13.0. The van der Waals surface area contributed by atoms with Gasteiger partial charge in [0.15, 0.2) is 5.17 Å². The van der Waals surface area contributed by atoms with Gasteiger partial charge in [0.2, 0.25) is 5.91 Å². The molecule has 0 N–H and O–H groups in total. The van der Waals surface area contributed by atoms with Crippen LogP contribution >= 0.6 is 23.1 Å². The van der Waals surface area contributed by atoms with Crippen LogP contribution in [0.25, 0.3) is 0 Å². The molecule has 1 amide bonds. The van der Waals surface area contributed by atoms with Gasteiger partial charge in [0.1, 0.15) is 0 Å². The van der Waals surface area contributed by atoms with Crippen molar-refractivity contribution in [2.75, 3.05) is 14.2 Å². The lowest BCUT2D eigenvalue weighted by atomic mass is 9.96. The average molecular weight is 454 g/mol. The number of nitrogens with zero attached hydrogens (tertiary/aromatic N) is 3. The number of methoxy groups -OCH3 is 1. The van der Waals surface area contributed by atoms with Gasteiger partial charge < -0.3 is 14.5 Å². The molecule has 0 saturated heterocycles. The molecule has 0 saturated carbocycles. The minimum Gasteiger partial charge on any atom is -0.466 e. The fourth-order valence-corrected chi connectivity index (χ4v) is 5.37. The van der Waals surface area contributed by atoms with Gasteiger partial charge in [0.05, 0.1) is 30.8 Å². The number of benzene rings is 1. The molecule has 1 aromatic heterocycles. The highest BCUT2D eigenvalue weighted by Gasteiger charge is 2.41. The van der Waals surface area contributed by atoms with Crippen LogP contribution < -0.4 is 0 Å². The number of thiophene rings is 1. The number of hydrogen-bond acceptors (Lipinski definition) is 7. The summed E-state index contributed by atoms with van der Waals surface area (Å²) in [6.07, 6.45) is 0.226. The molecule has 6 nitrogen and oxygen atoms in total. The average Bonchev–Trinajstić information content (AvgIpc) is 3.43. The summed E-state index contributed by atoms with van der Waals surface area (Å²) in [5.41, 5.74) is 4.04. The molecule has 0 aliphatic carbocycles. The molecule has 160 valence electrons. The molecule has 31 heavy (non-hydrogen) atoms. The predicted octanol–water partition coefficient (Wildman–Crippen LogP) is 4.54. The molecule has 2 aliphatic rings. The Kier molecular flexibility index (Phi) is 6.29. The second-order valence-electron chi connectivity index (χ2n) is 7.35. The molecule has 2 aliphatic heterocycles. The van der Waals surface area contributed by atoms with E-state index in [1.54, 1.807) is 16.2 Å². The Morgan fingerprint density at radius 2 is 2.00 bits per heavy atom. The van der Waals surface area contributed by atoms with Crippen molar-refractivity contribution >= 4 is 40.1 Å². The Morgan fingerprint density at radius 1 is 1.23 bits per heavy atom. The summed E-state index contributed by atoms with van der Waals surface area (Å²) in [5.74, 6) is -0.396. The van der Waals surface area contributed by atoms with Crippen LogP contribution in [0.5, 0.6) is 0 Å². The number of allylic oxidation sites excluding steroid dienone is 1. The summed E-state index contributed by atoms with van der Waals surface area (Å²) in [6, 6.07) is 11.5. The molecule has 0 fully saturated rings. The van der Waals surface area contributed by atoms with Crippen molar-refractivity contribution in [1.82, 2.24) is 9.80 Å². The summed E-state index contributed by atoms with van der Waals surface area (Å²) in [7, 11) is 3.19. The van der Waals surface area contributed by atoms with E-state index in [-0.39, 0.29) is 18.4 Å². The van der Waals surface area contributed by atoms with Crippen LogP contribution in [0.2, 0.25) is 0 Å². The number of carbonyl (C=O) groups is 2. The number of esters is 1. The van der Waals surface area contributed by atoms with E-state index in [0.29, 0.717) is 17.8 Å². The molecule has 0 bridgehead atoms. The minimum absolute atomic E-state index is 0.00640. The van der Waals surface area contributed by atoms with Gasteiger partial charge in [-0.25, -0.2) is 9.79 Å². The monoisotopic (exact) mass is 453 g/mol. The number of aliphatic imine (C=N–C) groups is 1. The van der Waals surface area contributed by atoms with Crippen LogP contribution in [0.4, 0.5) is 0 Å². The van der Waals surface area contributed by atoms with Crippen LogP contribution in [-0.4, -0.2) is 41.0 Å². The van der Waals surface area contributed by atoms with Crippen molar-refractivity contribution in [2.45, 2.75) is 25.9 Å². The summed E-state index contributed by atoms with van der Waals surface area (Å²) in [6.45, 7) is 2.37. The lowest BCUT2D eigenvalue weighted by Gasteiger charge is -2.35. The zero-order valence-corrected chi connectivity index (χ0v) is 19.2. The zero-order valence-electron chi connectivity index (χ0n) is 17.6. The van der Waals surface area contributed by atoms with Gasteiger partial charge >= 0.3 is 5.97 Å². The molecular formula is C23H23N3O3S2. The minimum atomic E-state index is -0.403. The molecule has 2 aromatic rings. The highest BCUT2D eigenvalue weighted by atomic mass is 32.2. The fourth-order valence-electron chi connectivity index (χ4n) is 3.72. The first-order valence-corrected chi connectivity index (χ1v) is 11.6. The number of hydrogen-bond donors (Lipinski definition) is 0. The number of amides is 1. The third-order valence-corrected chi connectivity index (χ3v) is 6.88. The van der Waals surface area contributed by atoms with Crippen molar-refractivity contribution in [3.05, 3.63) is 80.7 Å². The normalized spacial score (nSPS) is 17.8. The number of rotatable bonds is 6. The second-order valence-corrected chi connectivity index (χ2v) is 8.97. The molecule has 4 rings (SSSR count). The van der Waals surface area contributed by atoms with Crippen LogP contribution in [-0.2, 0) is 20.9 Å². The molecule has 8 heteroatoms. The molecular weight excluding hydrogens is 430 g/mol. The molecule has 0 spiro atoms. The van der Waals surface area contributed by atoms with E-state index >= 15 is 0 Å². The number of ether oxygens (including phenoxy) is 1. The summed E-state index contributed by atoms with van der Waals surface area (Å²) < 4.78 is 5.07. The highest BCUT2D eigenvalue weighted by molar-refractivity contribution is 8.16. The lowest BCUT2D eigenvalue weighted by molar-refractivity contribution is -0.136. The zero-order chi connectivity index (χ0) is 22.0. The largest absolute Gasteiger partial charge is 0.466 e. The molecule has 3 heterocycles. The molecule has 0 unspecified atom stereocenters. The quantitative estimate of drug-likeness (QED) is 0.601. The van der Waals surface area contributed by atoms with E-state index in [4.69, 9.17) is 4.74 Å². The standard InChI is InChI=1S/C23H23N3O3S2/c1-15-20(22(28)29-3)21(17-9-10-30-13-17)26-18(14-31-23(26)24-15)11-19(27)25(2)12-16-7-5-4-6-8-16/h4-10,13-14,21H,11-12H2,1-3H3/t21-/m0/s1. The third kappa shape index (κ3) is 4.31. The number of fused-ring (bicyclic) bond motifs is 1. The summed E-state index contributed by atoms with van der Waals surface area (Å²) in [4.78, 5) is 34.0. The second kappa shape index (κ2) is 9.11. The summed E-state index contributed by atoms with van der Waals surface area (Å²) in [5, 5.41) is 6.74. The maximum Gasteiger partial charge on any atom is 0.338 e. The first-order chi connectivity index (χ1) is 15.0.